The first-order chi connectivity index (χ1) is 17.1. The number of pyridine rings is 1. The van der Waals surface area contributed by atoms with E-state index in [9.17, 15) is 23.1 Å². The summed E-state index contributed by atoms with van der Waals surface area (Å²) in [5.74, 6) is -1.49. The molecule has 0 radical (unpaired) electrons. The number of alkyl halides is 3. The molecular formula is C23H22F3N3O7. The largest absolute Gasteiger partial charge is 0.542 e. The van der Waals surface area contributed by atoms with E-state index in [-0.39, 0.29) is 19.3 Å². The fourth-order valence-corrected chi connectivity index (χ4v) is 3.91. The molecule has 13 heteroatoms. The fourth-order valence-electron chi connectivity index (χ4n) is 3.91. The minimum absolute atomic E-state index is 0.125. The number of aromatic amines is 1. The van der Waals surface area contributed by atoms with E-state index in [1.807, 2.05) is 47.0 Å². The first-order valence-electron chi connectivity index (χ1n) is 10.9. The van der Waals surface area contributed by atoms with Gasteiger partial charge in [0.15, 0.2) is 22.7 Å². The van der Waals surface area contributed by atoms with Gasteiger partial charge in [-0.25, -0.2) is 4.98 Å². The number of carbonyl (C=O) groups is 2. The Hall–Kier alpha value is -3.84. The summed E-state index contributed by atoms with van der Waals surface area (Å²) in [5, 5.41) is 21.7. The fraction of sp³-hybridized carbons (Fsp3) is 0.348. The number of ether oxygens (including phenoxy) is 3. The van der Waals surface area contributed by atoms with Gasteiger partial charge in [-0.2, -0.15) is 17.6 Å². The molecule has 2 aliphatic rings. The number of carbonyl (C=O) groups excluding carboxylic acids is 2. The van der Waals surface area contributed by atoms with Crippen LogP contribution in [0.1, 0.15) is 23.5 Å². The second-order valence-corrected chi connectivity index (χ2v) is 8.16. The van der Waals surface area contributed by atoms with Crippen molar-refractivity contribution in [2.75, 3.05) is 26.6 Å². The summed E-state index contributed by atoms with van der Waals surface area (Å²) in [6, 6.07) is 11.4. The molecule has 0 unspecified atom stereocenters. The van der Waals surface area contributed by atoms with Crippen molar-refractivity contribution in [3.63, 3.8) is 0 Å². The number of rotatable bonds is 4. The highest BCUT2D eigenvalue weighted by Crippen LogP contribution is 2.36. The SMILES string of the molecule is O=C(NC1(CO)CCOCC1)c1[nH]c(-c2ccc3c(c2)OCO3)c2cccc[n+]12.O=C([O-])C(F)(F)F. The third-order valence-corrected chi connectivity index (χ3v) is 5.84. The number of benzene rings is 1. The Bertz CT molecular complexity index is 1270. The van der Waals surface area contributed by atoms with Crippen LogP contribution in [-0.4, -0.2) is 60.3 Å². The van der Waals surface area contributed by atoms with Gasteiger partial charge in [0.25, 0.3) is 0 Å². The predicted molar refractivity (Wildman–Crippen MR) is 114 cm³/mol. The normalized spacial score (nSPS) is 16.2. The van der Waals surface area contributed by atoms with Crippen molar-refractivity contribution < 1.29 is 51.6 Å². The number of hydrogen-bond acceptors (Lipinski definition) is 7. The number of imidazole rings is 1. The molecule has 4 heterocycles. The highest BCUT2D eigenvalue weighted by Gasteiger charge is 2.37. The van der Waals surface area contributed by atoms with Crippen molar-refractivity contribution in [3.05, 3.63) is 48.4 Å². The highest BCUT2D eigenvalue weighted by molar-refractivity contribution is 5.92. The number of aromatic nitrogens is 2. The van der Waals surface area contributed by atoms with Crippen molar-refractivity contribution in [1.82, 2.24) is 10.3 Å². The maximum absolute atomic E-state index is 13.2. The molecule has 2 aromatic heterocycles. The molecule has 3 aromatic rings. The lowest BCUT2D eigenvalue weighted by Gasteiger charge is -2.35. The molecule has 0 aliphatic carbocycles. The van der Waals surface area contributed by atoms with Crippen LogP contribution >= 0.6 is 0 Å². The Kier molecular flexibility index (Phi) is 7.04. The number of nitrogens with one attached hydrogen (secondary N) is 2. The van der Waals surface area contributed by atoms with Crippen molar-refractivity contribution in [1.29, 1.82) is 0 Å². The molecule has 1 fully saturated rings. The van der Waals surface area contributed by atoms with Crippen molar-refractivity contribution in [3.8, 4) is 22.8 Å². The van der Waals surface area contributed by atoms with E-state index in [1.165, 1.54) is 0 Å². The summed E-state index contributed by atoms with van der Waals surface area (Å²) in [6.45, 7) is 1.11. The number of fused-ring (bicyclic) bond motifs is 2. The number of carboxylic acids is 1. The first kappa shape index (κ1) is 25.3. The van der Waals surface area contributed by atoms with Crippen LogP contribution in [-0.2, 0) is 9.53 Å². The predicted octanol–water partition coefficient (Wildman–Crippen LogP) is 0.719. The van der Waals surface area contributed by atoms with Gasteiger partial charge in [0, 0.05) is 18.8 Å². The van der Waals surface area contributed by atoms with Gasteiger partial charge >= 0.3 is 17.9 Å². The molecule has 0 spiro atoms. The van der Waals surface area contributed by atoms with Gasteiger partial charge in [-0.05, 0) is 43.2 Å². The van der Waals surface area contributed by atoms with Crippen molar-refractivity contribution in [2.45, 2.75) is 24.6 Å². The van der Waals surface area contributed by atoms with E-state index in [0.29, 0.717) is 43.4 Å². The Morgan fingerprint density at radius 2 is 1.83 bits per heavy atom. The highest BCUT2D eigenvalue weighted by atomic mass is 19.4. The van der Waals surface area contributed by atoms with Crippen LogP contribution in [0.2, 0.25) is 0 Å². The van der Waals surface area contributed by atoms with Crippen molar-refractivity contribution in [2.24, 2.45) is 0 Å². The number of halogens is 3. The Morgan fingerprint density at radius 1 is 1.14 bits per heavy atom. The van der Waals surface area contributed by atoms with Crippen LogP contribution in [0.15, 0.2) is 42.6 Å². The van der Waals surface area contributed by atoms with Gasteiger partial charge in [0.2, 0.25) is 6.79 Å². The third kappa shape index (κ3) is 5.21. The molecule has 0 atom stereocenters. The standard InChI is InChI=1S/C21H21N3O5.C2HF3O2/c25-12-21(6-9-27-10-7-21)23-20(26)19-22-18(15-3-1-2-8-24(15)19)14-4-5-16-17(11-14)29-13-28-16;3-2(4,5)1(6)7/h1-5,8,11,25H,6-7,9-10,12-13H2,(H,23,26);(H,6,7). The molecule has 1 amide bonds. The van der Waals surface area contributed by atoms with Crippen LogP contribution < -0.4 is 24.3 Å². The molecule has 1 aromatic carbocycles. The number of nitrogens with zero attached hydrogens (tertiary/aromatic N) is 1. The molecule has 1 saturated heterocycles. The van der Waals surface area contributed by atoms with E-state index in [2.05, 4.69) is 10.3 Å². The summed E-state index contributed by atoms with van der Waals surface area (Å²) in [6.07, 6.45) is -2.20. The average Bonchev–Trinajstić information content (AvgIpc) is 3.49. The van der Waals surface area contributed by atoms with Crippen LogP contribution in [0, 0.1) is 0 Å². The van der Waals surface area contributed by atoms with E-state index >= 15 is 0 Å². The van der Waals surface area contributed by atoms with Crippen molar-refractivity contribution >= 4 is 17.4 Å². The van der Waals surface area contributed by atoms with Crippen LogP contribution in [0.4, 0.5) is 13.2 Å². The molecule has 36 heavy (non-hydrogen) atoms. The second kappa shape index (κ2) is 10.0. The Balaban J connectivity index is 0.000000384. The minimum atomic E-state index is -5.19. The van der Waals surface area contributed by atoms with Gasteiger partial charge in [0.1, 0.15) is 5.97 Å². The number of aliphatic carboxylic acids is 1. The lowest BCUT2D eigenvalue weighted by molar-refractivity contribution is -0.514. The second-order valence-electron chi connectivity index (χ2n) is 8.16. The monoisotopic (exact) mass is 509 g/mol. The summed E-state index contributed by atoms with van der Waals surface area (Å²) in [4.78, 5) is 25.2. The van der Waals surface area contributed by atoms with Gasteiger partial charge in [0.05, 0.1) is 18.3 Å². The quantitative estimate of drug-likeness (QED) is 0.441. The van der Waals surface area contributed by atoms with Gasteiger partial charge < -0.3 is 34.5 Å². The zero-order valence-corrected chi connectivity index (χ0v) is 18.8. The van der Waals surface area contributed by atoms with Crippen LogP contribution in [0.3, 0.4) is 0 Å². The number of H-pyrrole nitrogens is 1. The zero-order valence-electron chi connectivity index (χ0n) is 18.8. The molecule has 0 saturated carbocycles. The van der Waals surface area contributed by atoms with Crippen LogP contribution in [0.25, 0.3) is 16.8 Å². The number of amides is 1. The van der Waals surface area contributed by atoms with E-state index in [0.717, 1.165) is 16.8 Å². The number of carboxylic acid groups (broad SMARTS) is 1. The molecule has 192 valence electrons. The van der Waals surface area contributed by atoms with E-state index < -0.39 is 17.7 Å². The molecule has 10 nitrogen and oxygen atoms in total. The molecule has 3 N–H and O–H groups in total. The topological polar surface area (TPSA) is 137 Å². The first-order valence-corrected chi connectivity index (χ1v) is 10.9. The molecule has 0 bridgehead atoms. The summed E-state index contributed by atoms with van der Waals surface area (Å²) < 4.78 is 49.6. The molecular weight excluding hydrogens is 487 g/mol. The van der Waals surface area contributed by atoms with Crippen LogP contribution in [0.5, 0.6) is 11.5 Å². The smallest absolute Gasteiger partial charge is 0.430 e. The maximum atomic E-state index is 13.2. The lowest BCUT2D eigenvalue weighted by atomic mass is 9.91. The molecule has 2 aliphatic heterocycles. The average molecular weight is 509 g/mol. The Morgan fingerprint density at radius 3 is 2.50 bits per heavy atom. The molecule has 5 rings (SSSR count). The van der Waals surface area contributed by atoms with Gasteiger partial charge in [-0.3, -0.25) is 4.79 Å². The summed E-state index contributed by atoms with van der Waals surface area (Å²) in [7, 11) is 0. The third-order valence-electron chi connectivity index (χ3n) is 5.84. The summed E-state index contributed by atoms with van der Waals surface area (Å²) in [5.41, 5.74) is 1.89. The Labute approximate surface area is 202 Å². The summed E-state index contributed by atoms with van der Waals surface area (Å²) >= 11 is 0. The number of hydrogen-bond donors (Lipinski definition) is 3. The zero-order chi connectivity index (χ0) is 25.9. The van der Waals surface area contributed by atoms with Gasteiger partial charge in [-0.15, -0.1) is 0 Å². The number of aliphatic hydroxyl groups excluding tert-OH is 1. The van der Waals surface area contributed by atoms with E-state index in [4.69, 9.17) is 24.1 Å². The minimum Gasteiger partial charge on any atom is -0.542 e. The van der Waals surface area contributed by atoms with E-state index in [1.54, 1.807) is 0 Å². The van der Waals surface area contributed by atoms with Gasteiger partial charge in [-0.1, -0.05) is 6.07 Å². The lowest BCUT2D eigenvalue weighted by Crippen LogP contribution is -2.55. The number of aliphatic hydroxyl groups is 1. The maximum Gasteiger partial charge on any atom is 0.430 e.